The third-order valence-electron chi connectivity index (χ3n) is 5.28. The van der Waals surface area contributed by atoms with Gasteiger partial charge in [0, 0.05) is 0 Å². The predicted octanol–water partition coefficient (Wildman–Crippen LogP) is 5.89. The van der Waals surface area contributed by atoms with E-state index in [1.807, 2.05) is 0 Å². The van der Waals surface area contributed by atoms with Gasteiger partial charge in [-0.15, -0.1) is 0 Å². The van der Waals surface area contributed by atoms with Crippen molar-refractivity contribution in [1.82, 2.24) is 5.32 Å². The maximum absolute atomic E-state index is 5.30. The van der Waals surface area contributed by atoms with Crippen LogP contribution < -0.4 is 8.93 Å². The fraction of sp³-hybridized carbons (Fsp3) is 0.138. The zero-order valence-corrected chi connectivity index (χ0v) is 20.9. The quantitative estimate of drug-likeness (QED) is 0.222. The van der Waals surface area contributed by atoms with E-state index in [1.54, 1.807) is 0 Å². The standard InChI is InChI=1S/C29H28N2Te/c1-22-18-19-27(23(2)20-22)31-29(32-26-16-10-5-11-17-26)28(25-14-8-4-9-15-25)30-21-24-12-6-3-7-13-24/h3-20,28,30H,21H2,1-2H3. The third-order valence-corrected chi connectivity index (χ3v) is 8.26. The van der Waals surface area contributed by atoms with Gasteiger partial charge in [-0.05, 0) is 0 Å². The van der Waals surface area contributed by atoms with Crippen LogP contribution in [0, 0.1) is 13.8 Å². The minimum atomic E-state index is -0.671. The van der Waals surface area contributed by atoms with E-state index in [0.29, 0.717) is 0 Å². The summed E-state index contributed by atoms with van der Waals surface area (Å²) in [7, 11) is 0. The Labute approximate surface area is 201 Å². The van der Waals surface area contributed by atoms with Crippen molar-refractivity contribution in [1.29, 1.82) is 0 Å². The van der Waals surface area contributed by atoms with Crippen LogP contribution in [0.4, 0.5) is 5.69 Å². The molecule has 2 nitrogen and oxygen atoms in total. The topological polar surface area (TPSA) is 24.4 Å². The van der Waals surface area contributed by atoms with E-state index in [1.165, 1.54) is 29.6 Å². The van der Waals surface area contributed by atoms with E-state index < -0.39 is 20.9 Å². The van der Waals surface area contributed by atoms with Gasteiger partial charge in [-0.1, -0.05) is 0 Å². The molecule has 32 heavy (non-hydrogen) atoms. The van der Waals surface area contributed by atoms with Gasteiger partial charge in [-0.3, -0.25) is 0 Å². The minimum absolute atomic E-state index is 0.0692. The van der Waals surface area contributed by atoms with Gasteiger partial charge < -0.3 is 0 Å². The van der Waals surface area contributed by atoms with Crippen molar-refractivity contribution in [2.75, 3.05) is 0 Å². The second-order valence-electron chi connectivity index (χ2n) is 7.87. The Bertz CT molecular complexity index is 1160. The van der Waals surface area contributed by atoms with E-state index in [2.05, 4.69) is 128 Å². The van der Waals surface area contributed by atoms with Crippen LogP contribution in [-0.2, 0) is 6.54 Å². The van der Waals surface area contributed by atoms with Crippen molar-refractivity contribution in [3.63, 3.8) is 0 Å². The molecule has 1 N–H and O–H groups in total. The zero-order chi connectivity index (χ0) is 22.2. The summed E-state index contributed by atoms with van der Waals surface area (Å²) >= 11 is -0.671. The van der Waals surface area contributed by atoms with Gasteiger partial charge in [0.2, 0.25) is 0 Å². The number of nitrogens with one attached hydrogen (secondary N) is 1. The molecule has 1 unspecified atom stereocenters. The molecule has 0 bridgehead atoms. The number of aryl methyl sites for hydroxylation is 2. The Kier molecular flexibility index (Phi) is 7.91. The molecule has 4 rings (SSSR count). The van der Waals surface area contributed by atoms with Crippen molar-refractivity contribution in [3.8, 4) is 0 Å². The van der Waals surface area contributed by atoms with Gasteiger partial charge in [0.25, 0.3) is 0 Å². The van der Waals surface area contributed by atoms with Crippen LogP contribution in [0.25, 0.3) is 0 Å². The average Bonchev–Trinajstić information content (AvgIpc) is 2.83. The van der Waals surface area contributed by atoms with Gasteiger partial charge in [0.05, 0.1) is 0 Å². The van der Waals surface area contributed by atoms with Crippen LogP contribution in [0.15, 0.2) is 114 Å². The van der Waals surface area contributed by atoms with Crippen LogP contribution >= 0.6 is 0 Å². The third kappa shape index (κ3) is 6.17. The Morgan fingerprint density at radius 2 is 1.41 bits per heavy atom. The molecule has 160 valence electrons. The summed E-state index contributed by atoms with van der Waals surface area (Å²) in [6.45, 7) is 5.09. The van der Waals surface area contributed by atoms with Crippen molar-refractivity contribution < 1.29 is 0 Å². The molecule has 4 aromatic carbocycles. The Morgan fingerprint density at radius 3 is 2.06 bits per heavy atom. The fourth-order valence-corrected chi connectivity index (χ4v) is 6.51. The molecule has 0 aliphatic heterocycles. The maximum atomic E-state index is 5.30. The van der Waals surface area contributed by atoms with Crippen molar-refractivity contribution in [3.05, 3.63) is 131 Å². The van der Waals surface area contributed by atoms with Crippen LogP contribution in [0.2, 0.25) is 0 Å². The fourth-order valence-electron chi connectivity index (χ4n) is 3.61. The van der Waals surface area contributed by atoms with Crippen LogP contribution in [-0.4, -0.2) is 24.7 Å². The van der Waals surface area contributed by atoms with Gasteiger partial charge >= 0.3 is 202 Å². The Hall–Kier alpha value is -2.70. The zero-order valence-electron chi connectivity index (χ0n) is 18.5. The van der Waals surface area contributed by atoms with Crippen molar-refractivity contribution in [2.24, 2.45) is 4.99 Å². The SMILES string of the molecule is Cc1ccc(N=C([Te]c2ccccc2)C(NCc2ccccc2)c2ccccc2)c(C)c1. The first-order valence-corrected chi connectivity index (χ1v) is 13.2. The summed E-state index contributed by atoms with van der Waals surface area (Å²) in [5.74, 6) is 0. The molecular weight excluding hydrogens is 504 g/mol. The summed E-state index contributed by atoms with van der Waals surface area (Å²) in [5.41, 5.74) is 6.09. The molecule has 0 fully saturated rings. The first-order chi connectivity index (χ1) is 15.7. The summed E-state index contributed by atoms with van der Waals surface area (Å²) in [6.07, 6.45) is 0. The molecule has 4 aromatic rings. The van der Waals surface area contributed by atoms with Crippen molar-refractivity contribution >= 4 is 34.0 Å². The van der Waals surface area contributed by atoms with Gasteiger partial charge in [-0.2, -0.15) is 0 Å². The Morgan fingerprint density at radius 1 is 0.781 bits per heavy atom. The monoisotopic (exact) mass is 534 g/mol. The second-order valence-corrected chi connectivity index (χ2v) is 11.0. The molecule has 0 aliphatic rings. The Balaban J connectivity index is 1.75. The molecule has 0 aliphatic carbocycles. The van der Waals surface area contributed by atoms with Crippen LogP contribution in [0.1, 0.15) is 28.3 Å². The number of nitrogens with zero attached hydrogens (tertiary/aromatic N) is 1. The van der Waals surface area contributed by atoms with E-state index in [-0.39, 0.29) is 6.04 Å². The number of benzene rings is 4. The van der Waals surface area contributed by atoms with Crippen molar-refractivity contribution in [2.45, 2.75) is 26.4 Å². The molecule has 0 radical (unpaired) electrons. The number of hydrogen-bond donors (Lipinski definition) is 1. The molecule has 3 heteroatoms. The molecule has 0 saturated carbocycles. The van der Waals surface area contributed by atoms with Gasteiger partial charge in [0.15, 0.2) is 0 Å². The van der Waals surface area contributed by atoms with Crippen LogP contribution in [0.5, 0.6) is 0 Å². The van der Waals surface area contributed by atoms with E-state index in [9.17, 15) is 0 Å². The van der Waals surface area contributed by atoms with E-state index >= 15 is 0 Å². The summed E-state index contributed by atoms with van der Waals surface area (Å²) < 4.78 is 2.64. The molecule has 0 aromatic heterocycles. The summed E-state index contributed by atoms with van der Waals surface area (Å²) in [5, 5.41) is 3.83. The van der Waals surface area contributed by atoms with Gasteiger partial charge in [-0.25, -0.2) is 0 Å². The predicted molar refractivity (Wildman–Crippen MR) is 137 cm³/mol. The second kappa shape index (κ2) is 11.2. The van der Waals surface area contributed by atoms with E-state index in [4.69, 9.17) is 4.99 Å². The average molecular weight is 532 g/mol. The van der Waals surface area contributed by atoms with E-state index in [0.717, 1.165) is 12.2 Å². The molecule has 0 heterocycles. The summed E-state index contributed by atoms with van der Waals surface area (Å²) in [4.78, 5) is 5.30. The molecule has 1 atom stereocenters. The molecule has 0 spiro atoms. The van der Waals surface area contributed by atoms with Gasteiger partial charge in [0.1, 0.15) is 0 Å². The molecule has 0 saturated heterocycles. The number of hydrogen-bond acceptors (Lipinski definition) is 2. The molecule has 0 amide bonds. The summed E-state index contributed by atoms with van der Waals surface area (Å²) in [6, 6.07) is 38.7. The van der Waals surface area contributed by atoms with Crippen LogP contribution in [0.3, 0.4) is 0 Å². The normalized spacial score (nSPS) is 12.5. The first kappa shape index (κ1) is 22.5. The number of rotatable bonds is 8. The number of aliphatic imine (C=N–C) groups is 1. The first-order valence-electron chi connectivity index (χ1n) is 10.9. The molecular formula is C29H28N2Te.